The highest BCUT2D eigenvalue weighted by molar-refractivity contribution is 7.09. The molecule has 0 radical (unpaired) electrons. The van der Waals surface area contributed by atoms with Crippen molar-refractivity contribution in [3.8, 4) is 11.3 Å². The first-order chi connectivity index (χ1) is 13.7. The van der Waals surface area contributed by atoms with Crippen molar-refractivity contribution in [2.75, 3.05) is 26.2 Å². The molecule has 1 aliphatic rings. The lowest BCUT2D eigenvalue weighted by Gasteiger charge is -2.34. The number of carbonyl (C=O) groups excluding carboxylic acids is 2. The van der Waals surface area contributed by atoms with Gasteiger partial charge >= 0.3 is 0 Å². The fourth-order valence-electron chi connectivity index (χ4n) is 3.25. The Morgan fingerprint density at radius 1 is 1.00 bits per heavy atom. The zero-order valence-corrected chi connectivity index (χ0v) is 16.2. The monoisotopic (exact) mass is 395 g/mol. The highest BCUT2D eigenvalue weighted by Gasteiger charge is 2.25. The van der Waals surface area contributed by atoms with Crippen molar-refractivity contribution in [1.82, 2.24) is 14.8 Å². The number of aromatic nitrogens is 1. The van der Waals surface area contributed by atoms with Crippen LogP contribution < -0.4 is 0 Å². The van der Waals surface area contributed by atoms with E-state index in [1.807, 2.05) is 40.6 Å². The van der Waals surface area contributed by atoms with Crippen LogP contribution in [0, 0.1) is 0 Å². The number of benzene rings is 1. The van der Waals surface area contributed by atoms with Crippen molar-refractivity contribution in [2.45, 2.75) is 12.8 Å². The van der Waals surface area contributed by atoms with Crippen LogP contribution in [0.2, 0.25) is 0 Å². The number of aryl methyl sites for hydroxylation is 1. The molecule has 1 saturated heterocycles. The van der Waals surface area contributed by atoms with Crippen molar-refractivity contribution >= 4 is 23.2 Å². The average Bonchev–Trinajstić information content (AvgIpc) is 3.44. The van der Waals surface area contributed by atoms with Gasteiger partial charge < -0.3 is 14.2 Å². The number of carbonyl (C=O) groups is 2. The number of hydrogen-bond donors (Lipinski definition) is 0. The topological polar surface area (TPSA) is 66.7 Å². The summed E-state index contributed by atoms with van der Waals surface area (Å²) in [6, 6.07) is 13.4. The van der Waals surface area contributed by atoms with Crippen LogP contribution in [-0.2, 0) is 11.2 Å². The Labute approximate surface area is 167 Å². The first kappa shape index (κ1) is 18.4. The van der Waals surface area contributed by atoms with Gasteiger partial charge in [-0.05, 0) is 12.1 Å². The minimum Gasteiger partial charge on any atom is -0.459 e. The summed E-state index contributed by atoms with van der Waals surface area (Å²) in [5.74, 6) is 0.340. The van der Waals surface area contributed by atoms with Gasteiger partial charge in [-0.3, -0.25) is 9.59 Å². The van der Waals surface area contributed by atoms with Gasteiger partial charge in [0, 0.05) is 50.0 Å². The molecular formula is C21H21N3O3S. The lowest BCUT2D eigenvalue weighted by atomic mass is 10.2. The minimum absolute atomic E-state index is 0.113. The molecule has 1 fully saturated rings. The van der Waals surface area contributed by atoms with E-state index in [9.17, 15) is 9.59 Å². The second-order valence-corrected chi connectivity index (χ2v) is 7.59. The number of nitrogens with zero attached hydrogens (tertiary/aromatic N) is 3. The van der Waals surface area contributed by atoms with Crippen molar-refractivity contribution in [2.24, 2.45) is 0 Å². The Hall–Kier alpha value is -2.93. The first-order valence-electron chi connectivity index (χ1n) is 9.31. The van der Waals surface area contributed by atoms with Crippen molar-refractivity contribution in [3.05, 3.63) is 64.9 Å². The van der Waals surface area contributed by atoms with Gasteiger partial charge in [0.25, 0.3) is 5.91 Å². The molecule has 0 atom stereocenters. The Morgan fingerprint density at radius 2 is 1.75 bits per heavy atom. The molecule has 3 heterocycles. The van der Waals surface area contributed by atoms with Crippen LogP contribution in [-0.4, -0.2) is 52.8 Å². The lowest BCUT2D eigenvalue weighted by molar-refractivity contribution is -0.132. The maximum atomic E-state index is 12.5. The summed E-state index contributed by atoms with van der Waals surface area (Å²) in [7, 11) is 0. The Kier molecular flexibility index (Phi) is 5.53. The second kappa shape index (κ2) is 8.39. The normalized spacial score (nSPS) is 14.3. The summed E-state index contributed by atoms with van der Waals surface area (Å²) in [6.45, 7) is 2.16. The predicted octanol–water partition coefficient (Wildman–Crippen LogP) is 3.32. The molecular weight excluding hydrogens is 374 g/mol. The van der Waals surface area contributed by atoms with E-state index in [2.05, 4.69) is 4.98 Å². The predicted molar refractivity (Wildman–Crippen MR) is 107 cm³/mol. The third-order valence-electron chi connectivity index (χ3n) is 4.83. The smallest absolute Gasteiger partial charge is 0.289 e. The summed E-state index contributed by atoms with van der Waals surface area (Å²) < 4.78 is 5.17. The number of hydrogen-bond acceptors (Lipinski definition) is 5. The van der Waals surface area contributed by atoms with Gasteiger partial charge in [0.15, 0.2) is 5.76 Å². The highest BCUT2D eigenvalue weighted by atomic mass is 32.1. The van der Waals surface area contributed by atoms with Crippen LogP contribution in [0.15, 0.2) is 58.5 Å². The molecule has 0 N–H and O–H groups in total. The fourth-order valence-corrected chi connectivity index (χ4v) is 4.06. The lowest BCUT2D eigenvalue weighted by Crippen LogP contribution is -2.50. The molecule has 3 aromatic rings. The second-order valence-electron chi connectivity index (χ2n) is 6.64. The van der Waals surface area contributed by atoms with Crippen LogP contribution in [0.1, 0.15) is 22.0 Å². The number of rotatable bonds is 5. The van der Waals surface area contributed by atoms with Crippen LogP contribution in [0.25, 0.3) is 11.3 Å². The van der Waals surface area contributed by atoms with E-state index in [0.29, 0.717) is 44.8 Å². The number of piperazine rings is 1. The molecule has 0 spiro atoms. The molecule has 6 nitrogen and oxygen atoms in total. The third kappa shape index (κ3) is 4.14. The van der Waals surface area contributed by atoms with Gasteiger partial charge in [0.05, 0.1) is 17.0 Å². The van der Waals surface area contributed by atoms with Crippen molar-refractivity contribution in [1.29, 1.82) is 0 Å². The van der Waals surface area contributed by atoms with Crippen LogP contribution in [0.3, 0.4) is 0 Å². The Balaban J connectivity index is 1.26. The fraction of sp³-hybridized carbons (Fsp3) is 0.286. The van der Waals surface area contributed by atoms with Gasteiger partial charge in [-0.15, -0.1) is 11.3 Å². The maximum absolute atomic E-state index is 12.5. The molecule has 7 heteroatoms. The summed E-state index contributed by atoms with van der Waals surface area (Å²) in [5.41, 5.74) is 2.05. The summed E-state index contributed by atoms with van der Waals surface area (Å²) in [4.78, 5) is 33.0. The highest BCUT2D eigenvalue weighted by Crippen LogP contribution is 2.22. The Bertz CT molecular complexity index is 929. The molecule has 0 bridgehead atoms. The molecule has 4 rings (SSSR count). The largest absolute Gasteiger partial charge is 0.459 e. The van der Waals surface area contributed by atoms with Crippen molar-refractivity contribution in [3.63, 3.8) is 0 Å². The van der Waals surface area contributed by atoms with Gasteiger partial charge in [-0.25, -0.2) is 4.98 Å². The van der Waals surface area contributed by atoms with E-state index >= 15 is 0 Å². The van der Waals surface area contributed by atoms with E-state index in [1.165, 1.54) is 6.26 Å². The summed E-state index contributed by atoms with van der Waals surface area (Å²) in [5, 5.41) is 3.01. The van der Waals surface area contributed by atoms with Gasteiger partial charge in [-0.2, -0.15) is 0 Å². The van der Waals surface area contributed by atoms with Crippen LogP contribution in [0.4, 0.5) is 0 Å². The SMILES string of the molecule is O=C(CCc1nc(-c2ccccc2)cs1)N1CCN(C(=O)c2ccco2)CC1. The summed E-state index contributed by atoms with van der Waals surface area (Å²) >= 11 is 1.59. The quantitative estimate of drug-likeness (QED) is 0.665. The number of furan rings is 1. The summed E-state index contributed by atoms with van der Waals surface area (Å²) in [6.07, 6.45) is 2.57. The van der Waals surface area contributed by atoms with E-state index in [0.717, 1.165) is 16.3 Å². The molecule has 0 saturated carbocycles. The van der Waals surface area contributed by atoms with E-state index in [1.54, 1.807) is 28.4 Å². The molecule has 1 aliphatic heterocycles. The molecule has 2 amide bonds. The van der Waals surface area contributed by atoms with E-state index < -0.39 is 0 Å². The maximum Gasteiger partial charge on any atom is 0.289 e. The molecule has 0 aliphatic carbocycles. The van der Waals surface area contributed by atoms with Crippen LogP contribution >= 0.6 is 11.3 Å². The zero-order chi connectivity index (χ0) is 19.3. The van der Waals surface area contributed by atoms with Crippen LogP contribution in [0.5, 0.6) is 0 Å². The molecule has 28 heavy (non-hydrogen) atoms. The molecule has 0 unspecified atom stereocenters. The average molecular weight is 395 g/mol. The molecule has 144 valence electrons. The molecule has 1 aromatic carbocycles. The van der Waals surface area contributed by atoms with Gasteiger partial charge in [0.2, 0.25) is 5.91 Å². The Morgan fingerprint density at radius 3 is 2.46 bits per heavy atom. The van der Waals surface area contributed by atoms with E-state index in [4.69, 9.17) is 4.42 Å². The third-order valence-corrected chi connectivity index (χ3v) is 5.73. The number of thiazole rings is 1. The van der Waals surface area contributed by atoms with Crippen molar-refractivity contribution < 1.29 is 14.0 Å². The minimum atomic E-state index is -0.117. The van der Waals surface area contributed by atoms with Gasteiger partial charge in [-0.1, -0.05) is 30.3 Å². The first-order valence-corrected chi connectivity index (χ1v) is 10.2. The number of amides is 2. The van der Waals surface area contributed by atoms with Gasteiger partial charge in [0.1, 0.15) is 0 Å². The molecule has 2 aromatic heterocycles. The zero-order valence-electron chi connectivity index (χ0n) is 15.4. The van der Waals surface area contributed by atoms with E-state index in [-0.39, 0.29) is 11.8 Å². The standard InChI is InChI=1S/C21H21N3O3S/c25-20(9-8-19-22-17(15-28-19)16-5-2-1-3-6-16)23-10-12-24(13-11-23)21(26)18-7-4-14-27-18/h1-7,14-15H,8-13H2.